The van der Waals surface area contributed by atoms with Gasteiger partial charge in [0.1, 0.15) is 24.4 Å². The molecule has 2 N–H and O–H groups in total. The third kappa shape index (κ3) is 10.3. The van der Waals surface area contributed by atoms with E-state index in [1.54, 1.807) is 45.2 Å². The molecule has 1 aromatic heterocycles. The first-order valence-electron chi connectivity index (χ1n) is 22.3. The highest BCUT2D eigenvalue weighted by atomic mass is 19.1. The molecule has 0 bridgehead atoms. The van der Waals surface area contributed by atoms with Gasteiger partial charge in [0.05, 0.1) is 29.0 Å². The van der Waals surface area contributed by atoms with E-state index in [4.69, 9.17) is 33.3 Å². The number of ketones is 1. The van der Waals surface area contributed by atoms with Crippen molar-refractivity contribution in [3.05, 3.63) is 51.8 Å². The predicted octanol–water partition coefficient (Wildman–Crippen LogP) is 5.21. The molecule has 4 heterocycles. The van der Waals surface area contributed by atoms with Crippen molar-refractivity contribution in [3.8, 4) is 0 Å². The summed E-state index contributed by atoms with van der Waals surface area (Å²) in [4.78, 5) is 74.8. The molecule has 18 heteroatoms. The number of carbonyl (C=O) groups excluding carboxylic acids is 4. The number of oxime groups is 1. The molecule has 13 atom stereocenters. The van der Waals surface area contributed by atoms with E-state index in [0.717, 1.165) is 6.92 Å². The molecule has 0 radical (unpaired) electrons. The number of aryl methyl sites for hydroxylation is 1. The van der Waals surface area contributed by atoms with E-state index in [1.165, 1.54) is 28.0 Å². The van der Waals surface area contributed by atoms with Crippen LogP contribution in [0.5, 0.6) is 0 Å². The molecule has 65 heavy (non-hydrogen) atoms. The van der Waals surface area contributed by atoms with E-state index in [2.05, 4.69) is 10.5 Å². The second-order valence-electron chi connectivity index (χ2n) is 18.3. The number of pyridine rings is 1. The Hall–Kier alpha value is -4.75. The van der Waals surface area contributed by atoms with E-state index in [-0.39, 0.29) is 37.2 Å². The number of nitrogens with zero attached hydrogens (tertiary/aromatic N) is 3. The van der Waals surface area contributed by atoms with Crippen LogP contribution in [0.15, 0.2) is 40.4 Å². The zero-order chi connectivity index (χ0) is 48.3. The molecular weight excluding hydrogens is 848 g/mol. The SMILES string of the molecule is CC[C@H]1OC(=O)[C@@](C)(F)C(=O)[C@H](C)[C@@H](O[C@@H]2O[C@H](C)C[C@H](N(C)C)[C@H]2O)[C@](C)(OC)C[C@@H](C)/C(=N\OC/C=C/c2ccc3c(c2)c(=O)c(C(=O)NC)cn3CC)[C@H](C)[C@H]2OC(=O)O[C@@]21C. The molecule has 17 nitrogen and oxygen atoms in total. The first-order chi connectivity index (χ1) is 30.5. The van der Waals surface area contributed by atoms with Gasteiger partial charge in [0.25, 0.3) is 11.6 Å². The van der Waals surface area contributed by atoms with Crippen LogP contribution in [-0.4, -0.2) is 139 Å². The summed E-state index contributed by atoms with van der Waals surface area (Å²) in [6, 6.07) is 4.96. The van der Waals surface area contributed by atoms with Gasteiger partial charge in [0.15, 0.2) is 23.8 Å². The number of likely N-dealkylation sites (N-methyl/N-ethyl adjacent to an activating group) is 1. The number of nitrogens with one attached hydrogen (secondary N) is 1. The van der Waals surface area contributed by atoms with Crippen LogP contribution in [0.1, 0.15) is 97.5 Å². The number of aliphatic hydroxyl groups is 1. The summed E-state index contributed by atoms with van der Waals surface area (Å²) in [6.45, 7) is 14.9. The zero-order valence-electron chi connectivity index (χ0n) is 39.8. The monoisotopic (exact) mass is 914 g/mol. The minimum absolute atomic E-state index is 0.0309. The number of benzene rings is 1. The predicted molar refractivity (Wildman–Crippen MR) is 239 cm³/mol. The largest absolute Gasteiger partial charge is 0.509 e. The first kappa shape index (κ1) is 51.2. The summed E-state index contributed by atoms with van der Waals surface area (Å²) in [7, 11) is 6.51. The lowest BCUT2D eigenvalue weighted by Crippen LogP contribution is -2.61. The minimum atomic E-state index is -3.20. The first-order valence-corrected chi connectivity index (χ1v) is 22.3. The summed E-state index contributed by atoms with van der Waals surface area (Å²) in [5, 5.41) is 19.0. The van der Waals surface area contributed by atoms with Crippen LogP contribution in [-0.2, 0) is 49.4 Å². The Labute approximate surface area is 379 Å². The van der Waals surface area contributed by atoms with Gasteiger partial charge in [0.2, 0.25) is 5.43 Å². The Morgan fingerprint density at radius 2 is 1.77 bits per heavy atom. The highest BCUT2D eigenvalue weighted by Crippen LogP contribution is 2.43. The number of aromatic nitrogens is 1. The number of cyclic esters (lactones) is 1. The van der Waals surface area contributed by atoms with Crippen LogP contribution < -0.4 is 10.7 Å². The molecule has 2 aromatic rings. The van der Waals surface area contributed by atoms with Crippen LogP contribution in [0.3, 0.4) is 0 Å². The van der Waals surface area contributed by atoms with Gasteiger partial charge >= 0.3 is 12.1 Å². The number of esters is 1. The van der Waals surface area contributed by atoms with Crippen molar-refractivity contribution in [1.82, 2.24) is 14.8 Å². The van der Waals surface area contributed by atoms with Crippen LogP contribution in [0.4, 0.5) is 9.18 Å². The third-order valence-corrected chi connectivity index (χ3v) is 13.4. The lowest BCUT2D eigenvalue weighted by molar-refractivity contribution is -0.295. The molecule has 3 saturated heterocycles. The standard InChI is InChI=1S/C47H67FN4O13/c1-14-34-47(9)40(64-44(58)65-47)27(5)35(50-60-20-16-17-29-18-19-32-30(22-29)36(53)31(41(56)49-10)24-52(32)15-2)25(3)23-45(7,59-13)39(28(6)38(55)46(8,48)43(57)62-34)63-42-37(54)33(51(11)12)21-26(4)61-42/h16-19,22,24-28,33-34,37,39-40,42,54H,14-15,20-21,23H2,1-13H3,(H,49,56)/b17-16+,50-35+/t25-,26-,27+,28+,33+,34-,37-,39-,40-,42+,45-,46+,47-/m1/s1. The number of amides is 1. The maximum Gasteiger partial charge on any atom is 0.509 e. The molecule has 1 amide bonds. The quantitative estimate of drug-likeness (QED) is 0.129. The fraction of sp³-hybridized carbons (Fsp3) is 0.660. The van der Waals surface area contributed by atoms with Crippen LogP contribution in [0, 0.1) is 17.8 Å². The molecule has 0 aliphatic carbocycles. The zero-order valence-corrected chi connectivity index (χ0v) is 39.8. The fourth-order valence-corrected chi connectivity index (χ4v) is 9.65. The number of alkyl halides is 1. The number of halogens is 1. The smallest absolute Gasteiger partial charge is 0.455 e. The summed E-state index contributed by atoms with van der Waals surface area (Å²) in [6.07, 6.45) is -2.00. The topological polar surface area (TPSA) is 203 Å². The number of carbonyl (C=O) groups is 4. The fourth-order valence-electron chi connectivity index (χ4n) is 9.65. The lowest BCUT2D eigenvalue weighted by atomic mass is 9.73. The number of rotatable bonds is 11. The van der Waals surface area contributed by atoms with Gasteiger partial charge in [-0.05, 0) is 91.7 Å². The van der Waals surface area contributed by atoms with Gasteiger partial charge in [-0.2, -0.15) is 0 Å². The lowest BCUT2D eigenvalue weighted by Gasteiger charge is -2.47. The number of methoxy groups -OCH3 is 1. The van der Waals surface area contributed by atoms with Gasteiger partial charge < -0.3 is 53.1 Å². The number of ether oxygens (including phenoxy) is 6. The second kappa shape index (κ2) is 20.4. The molecule has 0 spiro atoms. The van der Waals surface area contributed by atoms with Crippen molar-refractivity contribution in [2.24, 2.45) is 22.9 Å². The highest BCUT2D eigenvalue weighted by molar-refractivity contribution is 6.08. The third-order valence-electron chi connectivity index (χ3n) is 13.4. The van der Waals surface area contributed by atoms with Crippen molar-refractivity contribution in [1.29, 1.82) is 0 Å². The minimum Gasteiger partial charge on any atom is -0.455 e. The molecule has 360 valence electrons. The average Bonchev–Trinajstić information content (AvgIpc) is 3.59. The number of hydrogen-bond acceptors (Lipinski definition) is 15. The van der Waals surface area contributed by atoms with Gasteiger partial charge in [-0.1, -0.05) is 45.0 Å². The summed E-state index contributed by atoms with van der Waals surface area (Å²) in [5.74, 6) is -5.89. The van der Waals surface area contributed by atoms with Gasteiger partial charge in [0, 0.05) is 56.1 Å². The Morgan fingerprint density at radius 1 is 1.08 bits per heavy atom. The Bertz CT molecular complexity index is 2210. The molecular formula is C47H67FN4O13. The average molecular weight is 915 g/mol. The van der Waals surface area contributed by atoms with Crippen LogP contribution >= 0.6 is 0 Å². The number of fused-ring (bicyclic) bond motifs is 2. The van der Waals surface area contributed by atoms with Crippen molar-refractivity contribution in [2.45, 2.75) is 148 Å². The van der Waals surface area contributed by atoms with Crippen LogP contribution in [0.2, 0.25) is 0 Å². The van der Waals surface area contributed by atoms with Gasteiger partial charge in [-0.3, -0.25) is 14.4 Å². The second-order valence-corrected chi connectivity index (χ2v) is 18.3. The maximum absolute atomic E-state index is 16.8. The Morgan fingerprint density at radius 3 is 2.38 bits per heavy atom. The summed E-state index contributed by atoms with van der Waals surface area (Å²) in [5.41, 5.74) is -4.97. The number of Topliss-reactive ketones (excluding diaryl/α,β-unsaturated/α-hetero) is 1. The normalized spacial score (nSPS) is 35.7. The molecule has 3 fully saturated rings. The van der Waals surface area contributed by atoms with Crippen molar-refractivity contribution in [3.63, 3.8) is 0 Å². The van der Waals surface area contributed by atoms with E-state index < -0.39 is 94.6 Å². The van der Waals surface area contributed by atoms with Crippen molar-refractivity contribution >= 4 is 46.5 Å². The number of hydrogen-bond donors (Lipinski definition) is 2. The molecule has 0 saturated carbocycles. The maximum atomic E-state index is 16.8. The van der Waals surface area contributed by atoms with E-state index >= 15 is 4.39 Å². The molecule has 5 rings (SSSR count). The van der Waals surface area contributed by atoms with E-state index in [1.807, 2.05) is 56.5 Å². The van der Waals surface area contributed by atoms with Crippen molar-refractivity contribution in [2.75, 3.05) is 34.9 Å². The van der Waals surface area contributed by atoms with E-state index in [9.17, 15) is 29.1 Å². The Balaban J connectivity index is 1.56. The summed E-state index contributed by atoms with van der Waals surface area (Å²) >= 11 is 0. The van der Waals surface area contributed by atoms with E-state index in [0.29, 0.717) is 35.1 Å². The molecule has 3 aliphatic rings. The Kier molecular flexibility index (Phi) is 16.1. The highest BCUT2D eigenvalue weighted by Gasteiger charge is 2.60. The van der Waals surface area contributed by atoms with Crippen LogP contribution in [0.25, 0.3) is 17.0 Å². The summed E-state index contributed by atoms with van der Waals surface area (Å²) < 4.78 is 54.8. The van der Waals surface area contributed by atoms with Crippen molar-refractivity contribution < 1.29 is 61.9 Å². The molecule has 3 aliphatic heterocycles. The molecule has 1 aromatic carbocycles. The number of aliphatic hydroxyl groups excluding tert-OH is 1. The molecule has 0 unspecified atom stereocenters. The van der Waals surface area contributed by atoms with Gasteiger partial charge in [-0.25, -0.2) is 14.0 Å². The van der Waals surface area contributed by atoms with Gasteiger partial charge in [-0.15, -0.1) is 0 Å².